The Labute approximate surface area is 113 Å². The predicted octanol–water partition coefficient (Wildman–Crippen LogP) is 0.554. The van der Waals surface area contributed by atoms with Gasteiger partial charge in [-0.15, -0.1) is 0 Å². The van der Waals surface area contributed by atoms with Gasteiger partial charge in [0, 0.05) is 25.7 Å². The lowest BCUT2D eigenvalue weighted by Crippen LogP contribution is -2.39. The summed E-state index contributed by atoms with van der Waals surface area (Å²) in [5, 5.41) is 3.53. The van der Waals surface area contributed by atoms with Gasteiger partial charge < -0.3 is 20.0 Å². The zero-order valence-electron chi connectivity index (χ0n) is 12.8. The molecule has 0 aromatic carbocycles. The van der Waals surface area contributed by atoms with E-state index < -0.39 is 0 Å². The van der Waals surface area contributed by atoms with Crippen molar-refractivity contribution in [1.29, 1.82) is 0 Å². The maximum Gasteiger partial charge on any atom is 0.0220 e. The molecule has 0 saturated carbocycles. The first-order chi connectivity index (χ1) is 8.59. The number of hydrogen-bond donors (Lipinski definition) is 1. The first kappa shape index (κ1) is 15.9. The van der Waals surface area contributed by atoms with Gasteiger partial charge in [0.2, 0.25) is 0 Å². The summed E-state index contributed by atoms with van der Waals surface area (Å²) in [6.45, 7) is 7.08. The number of rotatable bonds is 9. The van der Waals surface area contributed by atoms with Crippen molar-refractivity contribution in [2.24, 2.45) is 0 Å². The highest BCUT2D eigenvalue weighted by atomic mass is 15.2. The summed E-state index contributed by atoms with van der Waals surface area (Å²) >= 11 is 0. The Bertz CT molecular complexity index is 208. The van der Waals surface area contributed by atoms with Crippen molar-refractivity contribution in [3.05, 3.63) is 0 Å². The quantitative estimate of drug-likeness (QED) is 0.608. The fourth-order valence-electron chi connectivity index (χ4n) is 2.58. The molecule has 1 atom stereocenters. The number of hydrogen-bond acceptors (Lipinski definition) is 4. The van der Waals surface area contributed by atoms with Gasteiger partial charge in [-0.25, -0.2) is 0 Å². The molecule has 0 bridgehead atoms. The van der Waals surface area contributed by atoms with Crippen molar-refractivity contribution < 1.29 is 0 Å². The average molecular weight is 256 g/mol. The summed E-state index contributed by atoms with van der Waals surface area (Å²) in [6.07, 6.45) is 3.98. The maximum atomic E-state index is 3.53. The van der Waals surface area contributed by atoms with E-state index in [-0.39, 0.29) is 0 Å². The summed E-state index contributed by atoms with van der Waals surface area (Å²) in [6, 6.07) is 0.781. The van der Waals surface area contributed by atoms with Gasteiger partial charge in [0.15, 0.2) is 0 Å². The van der Waals surface area contributed by atoms with Crippen LogP contribution in [0.5, 0.6) is 0 Å². The summed E-state index contributed by atoms with van der Waals surface area (Å²) in [5.41, 5.74) is 0. The molecule has 0 aromatic rings. The molecular formula is C14H32N4. The molecule has 1 aliphatic heterocycles. The predicted molar refractivity (Wildman–Crippen MR) is 79.2 cm³/mol. The van der Waals surface area contributed by atoms with E-state index in [0.717, 1.165) is 25.7 Å². The minimum atomic E-state index is 0.781. The zero-order chi connectivity index (χ0) is 13.4. The van der Waals surface area contributed by atoms with Crippen LogP contribution in [0.25, 0.3) is 0 Å². The van der Waals surface area contributed by atoms with Crippen LogP contribution in [0, 0.1) is 0 Å². The van der Waals surface area contributed by atoms with Gasteiger partial charge in [0.1, 0.15) is 0 Å². The van der Waals surface area contributed by atoms with Crippen LogP contribution in [0.3, 0.4) is 0 Å². The van der Waals surface area contributed by atoms with Gasteiger partial charge in [0.05, 0.1) is 0 Å². The van der Waals surface area contributed by atoms with Crippen LogP contribution >= 0.6 is 0 Å². The van der Waals surface area contributed by atoms with E-state index in [1.165, 1.54) is 38.9 Å². The van der Waals surface area contributed by atoms with Gasteiger partial charge in [-0.3, -0.25) is 0 Å². The van der Waals surface area contributed by atoms with Gasteiger partial charge >= 0.3 is 0 Å². The van der Waals surface area contributed by atoms with Crippen LogP contribution < -0.4 is 5.32 Å². The van der Waals surface area contributed by atoms with Crippen LogP contribution in [0.4, 0.5) is 0 Å². The third-order valence-corrected chi connectivity index (χ3v) is 3.82. The van der Waals surface area contributed by atoms with Gasteiger partial charge in [-0.1, -0.05) is 0 Å². The largest absolute Gasteiger partial charge is 0.315 e. The van der Waals surface area contributed by atoms with Crippen LogP contribution in [0.1, 0.15) is 19.3 Å². The standard InChI is InChI=1S/C14H32N4/c1-16(2)10-6-8-15-9-12-17(3)13-14-7-5-11-18(14)4/h14-15H,5-13H2,1-4H3. The van der Waals surface area contributed by atoms with E-state index in [1.54, 1.807) is 0 Å². The highest BCUT2D eigenvalue weighted by molar-refractivity contribution is 4.78. The molecule has 1 heterocycles. The van der Waals surface area contributed by atoms with Gasteiger partial charge in [0.25, 0.3) is 0 Å². The average Bonchev–Trinajstić information content (AvgIpc) is 2.69. The minimum absolute atomic E-state index is 0.781. The second kappa shape index (κ2) is 8.86. The molecule has 1 unspecified atom stereocenters. The Kier molecular flexibility index (Phi) is 7.82. The van der Waals surface area contributed by atoms with E-state index in [2.05, 4.69) is 48.2 Å². The number of nitrogens with zero attached hydrogens (tertiary/aromatic N) is 3. The SMILES string of the molecule is CN(C)CCCNCCN(C)CC1CCCN1C. The van der Waals surface area contributed by atoms with Gasteiger partial charge in [-0.05, 0) is 67.1 Å². The van der Waals surface area contributed by atoms with Crippen LogP contribution in [0.15, 0.2) is 0 Å². The number of likely N-dealkylation sites (tertiary alicyclic amines) is 1. The zero-order valence-corrected chi connectivity index (χ0v) is 12.8. The molecule has 4 heteroatoms. The van der Waals surface area contributed by atoms with Crippen molar-refractivity contribution in [3.8, 4) is 0 Å². The second-order valence-electron chi connectivity index (χ2n) is 5.95. The van der Waals surface area contributed by atoms with E-state index in [1.807, 2.05) is 0 Å². The monoisotopic (exact) mass is 256 g/mol. The Balaban J connectivity index is 1.95. The van der Waals surface area contributed by atoms with Crippen LogP contribution in [0.2, 0.25) is 0 Å². The lowest BCUT2D eigenvalue weighted by atomic mass is 10.2. The third kappa shape index (κ3) is 6.69. The molecule has 1 fully saturated rings. The third-order valence-electron chi connectivity index (χ3n) is 3.82. The fraction of sp³-hybridized carbons (Fsp3) is 1.00. The molecule has 0 aliphatic carbocycles. The first-order valence-electron chi connectivity index (χ1n) is 7.34. The highest BCUT2D eigenvalue weighted by Gasteiger charge is 2.21. The molecule has 4 nitrogen and oxygen atoms in total. The van der Waals surface area contributed by atoms with E-state index in [9.17, 15) is 0 Å². The Morgan fingerprint density at radius 2 is 1.94 bits per heavy atom. The highest BCUT2D eigenvalue weighted by Crippen LogP contribution is 2.14. The lowest BCUT2D eigenvalue weighted by Gasteiger charge is -2.25. The van der Waals surface area contributed by atoms with Crippen molar-refractivity contribution in [1.82, 2.24) is 20.0 Å². The molecule has 1 rings (SSSR count). The maximum absolute atomic E-state index is 3.53. The smallest absolute Gasteiger partial charge is 0.0220 e. The van der Waals surface area contributed by atoms with E-state index >= 15 is 0 Å². The summed E-state index contributed by atoms with van der Waals surface area (Å²) in [5.74, 6) is 0. The molecule has 1 saturated heterocycles. The Morgan fingerprint density at radius 3 is 2.56 bits per heavy atom. The fourth-order valence-corrected chi connectivity index (χ4v) is 2.58. The lowest BCUT2D eigenvalue weighted by molar-refractivity contribution is 0.220. The van der Waals surface area contributed by atoms with E-state index in [0.29, 0.717) is 0 Å². The Morgan fingerprint density at radius 1 is 1.17 bits per heavy atom. The summed E-state index contributed by atoms with van der Waals surface area (Å²) in [7, 11) is 8.76. The van der Waals surface area contributed by atoms with Crippen LogP contribution in [-0.4, -0.2) is 88.2 Å². The molecule has 0 radical (unpaired) electrons. The minimum Gasteiger partial charge on any atom is -0.315 e. The Hall–Kier alpha value is -0.160. The van der Waals surface area contributed by atoms with Crippen molar-refractivity contribution in [2.45, 2.75) is 25.3 Å². The van der Waals surface area contributed by atoms with Crippen molar-refractivity contribution in [3.63, 3.8) is 0 Å². The molecule has 1 N–H and O–H groups in total. The molecule has 1 aliphatic rings. The van der Waals surface area contributed by atoms with Crippen molar-refractivity contribution in [2.75, 3.05) is 67.5 Å². The van der Waals surface area contributed by atoms with Gasteiger partial charge in [-0.2, -0.15) is 0 Å². The topological polar surface area (TPSA) is 21.8 Å². The van der Waals surface area contributed by atoms with E-state index in [4.69, 9.17) is 0 Å². The van der Waals surface area contributed by atoms with Crippen LogP contribution in [-0.2, 0) is 0 Å². The molecule has 108 valence electrons. The molecule has 0 aromatic heterocycles. The summed E-state index contributed by atoms with van der Waals surface area (Å²) in [4.78, 5) is 7.20. The summed E-state index contributed by atoms with van der Waals surface area (Å²) < 4.78 is 0. The molecule has 18 heavy (non-hydrogen) atoms. The first-order valence-corrected chi connectivity index (χ1v) is 7.34. The molecular weight excluding hydrogens is 224 g/mol. The molecule has 0 spiro atoms. The molecule has 0 amide bonds. The number of nitrogens with one attached hydrogen (secondary N) is 1. The van der Waals surface area contributed by atoms with Crippen molar-refractivity contribution >= 4 is 0 Å². The number of likely N-dealkylation sites (N-methyl/N-ethyl adjacent to an activating group) is 2. The normalized spacial score (nSPS) is 21.3. The second-order valence-corrected chi connectivity index (χ2v) is 5.95.